The van der Waals surface area contributed by atoms with Gasteiger partial charge in [0.15, 0.2) is 0 Å². The van der Waals surface area contributed by atoms with Gasteiger partial charge in [0.1, 0.15) is 0 Å². The van der Waals surface area contributed by atoms with Crippen LogP contribution in [0, 0.1) is 0 Å². The number of rotatable bonds is 13. The van der Waals surface area contributed by atoms with E-state index in [1.165, 1.54) is 0 Å². The average Bonchev–Trinajstić information content (AvgIpc) is 2.52. The molecule has 6 nitrogen and oxygen atoms in total. The van der Waals surface area contributed by atoms with E-state index in [2.05, 4.69) is 5.32 Å². The largest absolute Gasteiger partial charge is 1.00 e. The Bertz CT molecular complexity index is 378. The van der Waals surface area contributed by atoms with Crippen LogP contribution in [0.1, 0.15) is 33.6 Å². The van der Waals surface area contributed by atoms with Crippen molar-refractivity contribution in [2.24, 2.45) is 0 Å². The molecule has 0 saturated heterocycles. The molecule has 3 unspecified atom stereocenters. The number of aliphatic hydroxyl groups excluding tert-OH is 2. The van der Waals surface area contributed by atoms with E-state index in [0.29, 0.717) is 19.6 Å². The van der Waals surface area contributed by atoms with Crippen molar-refractivity contribution in [1.82, 2.24) is 10.2 Å². The number of allylic oxidation sites excluding steroid dienone is 2. The molecule has 0 bridgehead atoms. The van der Waals surface area contributed by atoms with Crippen molar-refractivity contribution in [2.75, 3.05) is 26.2 Å². The van der Waals surface area contributed by atoms with Crippen LogP contribution < -0.4 is 29.3 Å². The summed E-state index contributed by atoms with van der Waals surface area (Å²) in [5.74, 6) is -1.16. The van der Waals surface area contributed by atoms with Crippen molar-refractivity contribution in [3.05, 3.63) is 24.3 Å². The standard InChI is InChI=1S/C17H32N2O4.Li/c1-4-6-8-15(20)12-18-10-11-19(14(3)17(22)23)13-16(21)9-7-5-2;/h6-9,14-16,18,20-21H,4-5,10-13H2,1-3H3,(H,22,23);/q;+1/p-1/b8-6+,9-7+;. The minimum atomic E-state index is -1.16. The van der Waals surface area contributed by atoms with Crippen LogP contribution in [0.2, 0.25) is 0 Å². The van der Waals surface area contributed by atoms with E-state index in [0.717, 1.165) is 12.8 Å². The van der Waals surface area contributed by atoms with E-state index in [4.69, 9.17) is 0 Å². The fourth-order valence-electron chi connectivity index (χ4n) is 2.02. The first-order chi connectivity index (χ1) is 10.9. The van der Waals surface area contributed by atoms with Crippen molar-refractivity contribution < 1.29 is 39.0 Å². The van der Waals surface area contributed by atoms with Crippen molar-refractivity contribution >= 4 is 5.97 Å². The predicted octanol–water partition coefficient (Wildman–Crippen LogP) is -3.33. The number of carbonyl (C=O) groups excluding carboxylic acids is 1. The monoisotopic (exact) mass is 334 g/mol. The number of carbonyl (C=O) groups is 1. The SMILES string of the molecule is CC/C=C/C(O)CNCCN(CC(O)/C=C/CC)C(C)C(=O)[O-].[Li+]. The Labute approximate surface area is 157 Å². The van der Waals surface area contributed by atoms with Crippen LogP contribution >= 0.6 is 0 Å². The molecule has 24 heavy (non-hydrogen) atoms. The third-order valence-electron chi connectivity index (χ3n) is 3.43. The number of carboxylic acid groups (broad SMARTS) is 1. The zero-order chi connectivity index (χ0) is 17.7. The molecular formula is C17H31LiN2O4. The van der Waals surface area contributed by atoms with Gasteiger partial charge in [0.05, 0.1) is 18.2 Å². The summed E-state index contributed by atoms with van der Waals surface area (Å²) in [6.07, 6.45) is 7.56. The minimum Gasteiger partial charge on any atom is -0.548 e. The molecule has 0 aliphatic rings. The van der Waals surface area contributed by atoms with Crippen LogP contribution in [0.3, 0.4) is 0 Å². The Morgan fingerprint density at radius 1 is 1.17 bits per heavy atom. The molecule has 3 atom stereocenters. The molecule has 0 fully saturated rings. The summed E-state index contributed by atoms with van der Waals surface area (Å²) < 4.78 is 0. The van der Waals surface area contributed by atoms with Gasteiger partial charge in [0.25, 0.3) is 0 Å². The molecule has 0 rings (SSSR count). The normalized spacial score (nSPS) is 15.6. The summed E-state index contributed by atoms with van der Waals surface area (Å²) in [6.45, 7) is 7.09. The number of nitrogens with one attached hydrogen (secondary N) is 1. The second-order valence-corrected chi connectivity index (χ2v) is 5.50. The maximum Gasteiger partial charge on any atom is 1.00 e. The van der Waals surface area contributed by atoms with Crippen molar-refractivity contribution in [2.45, 2.75) is 51.9 Å². The number of aliphatic carboxylic acids is 1. The first-order valence-electron chi connectivity index (χ1n) is 8.27. The molecule has 0 aromatic heterocycles. The second kappa shape index (κ2) is 15.9. The fraction of sp³-hybridized carbons (Fsp3) is 0.706. The van der Waals surface area contributed by atoms with Gasteiger partial charge in [-0.05, 0) is 19.8 Å². The molecule has 0 aromatic rings. The van der Waals surface area contributed by atoms with E-state index in [9.17, 15) is 20.1 Å². The Kier molecular flexibility index (Phi) is 17.0. The van der Waals surface area contributed by atoms with Crippen LogP contribution in [0.15, 0.2) is 24.3 Å². The topological polar surface area (TPSA) is 95.9 Å². The zero-order valence-corrected chi connectivity index (χ0v) is 15.4. The van der Waals surface area contributed by atoms with Gasteiger partial charge in [-0.2, -0.15) is 0 Å². The molecular weight excluding hydrogens is 303 g/mol. The van der Waals surface area contributed by atoms with E-state index in [-0.39, 0.29) is 25.4 Å². The third kappa shape index (κ3) is 12.8. The van der Waals surface area contributed by atoms with E-state index in [1.54, 1.807) is 24.0 Å². The van der Waals surface area contributed by atoms with Gasteiger partial charge in [-0.1, -0.05) is 38.2 Å². The predicted molar refractivity (Wildman–Crippen MR) is 89.8 cm³/mol. The number of carboxylic acids is 1. The Morgan fingerprint density at radius 2 is 1.71 bits per heavy atom. The first-order valence-corrected chi connectivity index (χ1v) is 8.27. The van der Waals surface area contributed by atoms with Gasteiger partial charge < -0.3 is 25.4 Å². The van der Waals surface area contributed by atoms with Crippen molar-refractivity contribution in [3.8, 4) is 0 Å². The number of nitrogens with zero attached hydrogens (tertiary/aromatic N) is 1. The number of aliphatic hydroxyl groups is 2. The van der Waals surface area contributed by atoms with Gasteiger partial charge in [0, 0.05) is 32.2 Å². The fourth-order valence-corrected chi connectivity index (χ4v) is 2.02. The molecule has 3 N–H and O–H groups in total. The molecule has 0 radical (unpaired) electrons. The zero-order valence-electron chi connectivity index (χ0n) is 15.4. The van der Waals surface area contributed by atoms with E-state index in [1.807, 2.05) is 26.0 Å². The van der Waals surface area contributed by atoms with Crippen LogP contribution in [0.25, 0.3) is 0 Å². The molecule has 0 heterocycles. The van der Waals surface area contributed by atoms with Gasteiger partial charge in [-0.3, -0.25) is 4.90 Å². The molecule has 7 heteroatoms. The summed E-state index contributed by atoms with van der Waals surface area (Å²) in [5, 5.41) is 33.7. The van der Waals surface area contributed by atoms with Crippen LogP contribution in [-0.4, -0.2) is 65.5 Å². The van der Waals surface area contributed by atoms with E-state index >= 15 is 0 Å². The van der Waals surface area contributed by atoms with Gasteiger partial charge in [0.2, 0.25) is 0 Å². The molecule has 0 amide bonds. The van der Waals surface area contributed by atoms with Gasteiger partial charge in [-0.25, -0.2) is 0 Å². The van der Waals surface area contributed by atoms with Crippen molar-refractivity contribution in [3.63, 3.8) is 0 Å². The van der Waals surface area contributed by atoms with Gasteiger partial charge in [-0.15, -0.1) is 0 Å². The Balaban J connectivity index is 0. The smallest absolute Gasteiger partial charge is 0.548 e. The van der Waals surface area contributed by atoms with Gasteiger partial charge >= 0.3 is 18.9 Å². The first kappa shape index (κ1) is 25.6. The third-order valence-corrected chi connectivity index (χ3v) is 3.43. The maximum atomic E-state index is 11.1. The summed E-state index contributed by atoms with van der Waals surface area (Å²) in [4.78, 5) is 12.7. The summed E-state index contributed by atoms with van der Waals surface area (Å²) in [7, 11) is 0. The minimum absolute atomic E-state index is 0. The van der Waals surface area contributed by atoms with Crippen LogP contribution in [0.5, 0.6) is 0 Å². The molecule has 0 aliphatic carbocycles. The van der Waals surface area contributed by atoms with Crippen LogP contribution in [-0.2, 0) is 4.79 Å². The number of hydrogen-bond donors (Lipinski definition) is 3. The number of hydrogen-bond acceptors (Lipinski definition) is 6. The summed E-state index contributed by atoms with van der Waals surface area (Å²) in [6, 6.07) is -0.786. The quantitative estimate of drug-likeness (QED) is 0.185. The molecule has 0 aliphatic heterocycles. The van der Waals surface area contributed by atoms with Crippen molar-refractivity contribution in [1.29, 1.82) is 0 Å². The Morgan fingerprint density at radius 3 is 2.21 bits per heavy atom. The molecule has 0 spiro atoms. The Hall–Kier alpha value is -0.613. The molecule has 0 saturated carbocycles. The molecule has 134 valence electrons. The van der Waals surface area contributed by atoms with E-state index < -0.39 is 24.2 Å². The second-order valence-electron chi connectivity index (χ2n) is 5.50. The van der Waals surface area contributed by atoms with Crippen LogP contribution in [0.4, 0.5) is 0 Å². The molecule has 0 aromatic carbocycles. The maximum absolute atomic E-state index is 11.1. The summed E-state index contributed by atoms with van der Waals surface area (Å²) in [5.41, 5.74) is 0. The summed E-state index contributed by atoms with van der Waals surface area (Å²) >= 11 is 0. The average molecular weight is 334 g/mol.